The summed E-state index contributed by atoms with van der Waals surface area (Å²) in [6.45, 7) is 3.47. The number of hydrogen-bond acceptors (Lipinski definition) is 5. The lowest BCUT2D eigenvalue weighted by molar-refractivity contribution is -0.144. The number of amides is 2. The Bertz CT molecular complexity index is 616. The average molecular weight is 351 g/mol. The average Bonchev–Trinajstić information content (AvgIpc) is 2.53. The zero-order chi connectivity index (χ0) is 18.1. The van der Waals surface area contributed by atoms with Gasteiger partial charge in [0.15, 0.2) is 5.11 Å². The van der Waals surface area contributed by atoms with E-state index in [0.717, 1.165) is 5.69 Å². The highest BCUT2D eigenvalue weighted by atomic mass is 32.1. The minimum Gasteiger partial charge on any atom is -0.466 e. The lowest BCUT2D eigenvalue weighted by Crippen LogP contribution is -2.34. The number of anilines is 2. The standard InChI is InChI=1S/C16H21N3O4S/c1-4-23-15(22)10-9-14(21)18-16(24)17-12-5-7-13(8-6-12)19(3)11(2)20/h5-8H,4,9-10H2,1-3H3,(H2,17,18,21,24). The van der Waals surface area contributed by atoms with Crippen LogP contribution in [0.15, 0.2) is 24.3 Å². The van der Waals surface area contributed by atoms with Crippen LogP contribution >= 0.6 is 12.2 Å². The summed E-state index contributed by atoms with van der Waals surface area (Å²) in [5, 5.41) is 5.49. The van der Waals surface area contributed by atoms with Crippen molar-refractivity contribution in [2.45, 2.75) is 26.7 Å². The highest BCUT2D eigenvalue weighted by molar-refractivity contribution is 7.80. The molecule has 0 saturated heterocycles. The van der Waals surface area contributed by atoms with E-state index in [9.17, 15) is 14.4 Å². The van der Waals surface area contributed by atoms with E-state index < -0.39 is 5.97 Å². The molecule has 1 aromatic carbocycles. The molecule has 0 aliphatic rings. The lowest BCUT2D eigenvalue weighted by Gasteiger charge is -2.16. The van der Waals surface area contributed by atoms with Crippen molar-refractivity contribution < 1.29 is 19.1 Å². The molecule has 1 rings (SSSR count). The molecule has 7 nitrogen and oxygen atoms in total. The van der Waals surface area contributed by atoms with E-state index >= 15 is 0 Å². The summed E-state index contributed by atoms with van der Waals surface area (Å²) < 4.78 is 4.74. The van der Waals surface area contributed by atoms with Crippen LogP contribution in [0, 0.1) is 0 Å². The first-order valence-corrected chi connectivity index (χ1v) is 7.85. The van der Waals surface area contributed by atoms with E-state index in [0.29, 0.717) is 5.69 Å². The zero-order valence-corrected chi connectivity index (χ0v) is 14.7. The second kappa shape index (κ2) is 9.61. The van der Waals surface area contributed by atoms with Gasteiger partial charge in [-0.1, -0.05) is 0 Å². The smallest absolute Gasteiger partial charge is 0.306 e. The Morgan fingerprint density at radius 2 is 1.79 bits per heavy atom. The molecule has 24 heavy (non-hydrogen) atoms. The second-order valence-electron chi connectivity index (χ2n) is 4.93. The number of rotatable bonds is 6. The van der Waals surface area contributed by atoms with Crippen molar-refractivity contribution in [1.29, 1.82) is 0 Å². The number of thiocarbonyl (C=S) groups is 1. The molecule has 0 bridgehead atoms. The summed E-state index contributed by atoms with van der Waals surface area (Å²) in [5.41, 5.74) is 1.42. The molecule has 0 spiro atoms. The maximum absolute atomic E-state index is 11.7. The summed E-state index contributed by atoms with van der Waals surface area (Å²) >= 11 is 5.05. The fraction of sp³-hybridized carbons (Fsp3) is 0.375. The predicted octanol–water partition coefficient (Wildman–Crippen LogP) is 1.83. The van der Waals surface area contributed by atoms with Crippen LogP contribution in [-0.4, -0.2) is 36.6 Å². The summed E-state index contributed by atoms with van der Waals surface area (Å²) in [7, 11) is 1.68. The Kier molecular flexibility index (Phi) is 7.84. The predicted molar refractivity (Wildman–Crippen MR) is 95.8 cm³/mol. The molecule has 0 aromatic heterocycles. The molecule has 0 heterocycles. The van der Waals surface area contributed by atoms with E-state index in [1.165, 1.54) is 11.8 Å². The first-order chi connectivity index (χ1) is 11.3. The van der Waals surface area contributed by atoms with Gasteiger partial charge in [-0.3, -0.25) is 14.4 Å². The van der Waals surface area contributed by atoms with Crippen LogP contribution in [0.5, 0.6) is 0 Å². The third-order valence-corrected chi connectivity index (χ3v) is 3.30. The Hall–Kier alpha value is -2.48. The van der Waals surface area contributed by atoms with Crippen molar-refractivity contribution in [2.75, 3.05) is 23.9 Å². The third-order valence-electron chi connectivity index (χ3n) is 3.10. The molecule has 1 aromatic rings. The van der Waals surface area contributed by atoms with Gasteiger partial charge in [0.1, 0.15) is 0 Å². The number of ether oxygens (including phenoxy) is 1. The second-order valence-corrected chi connectivity index (χ2v) is 5.34. The fourth-order valence-electron chi connectivity index (χ4n) is 1.75. The Balaban J connectivity index is 2.46. The van der Waals surface area contributed by atoms with Crippen molar-refractivity contribution in [3.8, 4) is 0 Å². The van der Waals surface area contributed by atoms with Gasteiger partial charge in [-0.25, -0.2) is 0 Å². The molecule has 8 heteroatoms. The van der Waals surface area contributed by atoms with Crippen LogP contribution in [0.25, 0.3) is 0 Å². The zero-order valence-electron chi connectivity index (χ0n) is 13.9. The molecule has 2 N–H and O–H groups in total. The number of esters is 1. The summed E-state index contributed by atoms with van der Waals surface area (Å²) in [5.74, 6) is -0.856. The molecule has 0 unspecified atom stereocenters. The topological polar surface area (TPSA) is 87.7 Å². The van der Waals surface area contributed by atoms with E-state index in [1.807, 2.05) is 0 Å². The monoisotopic (exact) mass is 351 g/mol. The van der Waals surface area contributed by atoms with E-state index in [-0.39, 0.29) is 36.4 Å². The largest absolute Gasteiger partial charge is 0.466 e. The van der Waals surface area contributed by atoms with Gasteiger partial charge in [0, 0.05) is 31.8 Å². The van der Waals surface area contributed by atoms with Gasteiger partial charge in [0.25, 0.3) is 0 Å². The molecule has 2 amide bonds. The van der Waals surface area contributed by atoms with E-state index in [2.05, 4.69) is 10.6 Å². The van der Waals surface area contributed by atoms with Gasteiger partial charge in [-0.15, -0.1) is 0 Å². The summed E-state index contributed by atoms with van der Waals surface area (Å²) in [6, 6.07) is 7.00. The van der Waals surface area contributed by atoms with Gasteiger partial charge < -0.3 is 20.3 Å². The van der Waals surface area contributed by atoms with Crippen molar-refractivity contribution in [2.24, 2.45) is 0 Å². The van der Waals surface area contributed by atoms with Gasteiger partial charge >= 0.3 is 5.97 Å². The normalized spacial score (nSPS) is 9.79. The van der Waals surface area contributed by atoms with Crippen LogP contribution in [0.3, 0.4) is 0 Å². The Morgan fingerprint density at radius 3 is 2.33 bits per heavy atom. The summed E-state index contributed by atoms with van der Waals surface area (Å²) in [6.07, 6.45) is 0.0113. The number of benzene rings is 1. The van der Waals surface area contributed by atoms with Crippen molar-refractivity contribution in [3.63, 3.8) is 0 Å². The lowest BCUT2D eigenvalue weighted by atomic mass is 10.2. The Morgan fingerprint density at radius 1 is 1.17 bits per heavy atom. The van der Waals surface area contributed by atoms with Gasteiger partial charge in [0.05, 0.1) is 13.0 Å². The number of carbonyl (C=O) groups is 3. The third kappa shape index (κ3) is 6.74. The van der Waals surface area contributed by atoms with Crippen LogP contribution in [0.1, 0.15) is 26.7 Å². The van der Waals surface area contributed by atoms with Gasteiger partial charge in [0.2, 0.25) is 11.8 Å². The fourth-order valence-corrected chi connectivity index (χ4v) is 1.98. The van der Waals surface area contributed by atoms with Gasteiger partial charge in [-0.2, -0.15) is 0 Å². The SMILES string of the molecule is CCOC(=O)CCC(=O)NC(=S)Nc1ccc(N(C)C(C)=O)cc1. The maximum atomic E-state index is 11.7. The Labute approximate surface area is 146 Å². The molecule has 0 aliphatic carbocycles. The minimum absolute atomic E-state index is 0.00297. The number of carbonyl (C=O) groups excluding carboxylic acids is 3. The van der Waals surface area contributed by atoms with Crippen molar-refractivity contribution in [3.05, 3.63) is 24.3 Å². The first kappa shape index (κ1) is 19.6. The van der Waals surface area contributed by atoms with Gasteiger partial charge in [-0.05, 0) is 43.4 Å². The molecule has 0 saturated carbocycles. The number of nitrogens with one attached hydrogen (secondary N) is 2. The van der Waals surface area contributed by atoms with E-state index in [1.54, 1.807) is 38.2 Å². The first-order valence-electron chi connectivity index (χ1n) is 7.44. The summed E-state index contributed by atoms with van der Waals surface area (Å²) in [4.78, 5) is 35.7. The van der Waals surface area contributed by atoms with E-state index in [4.69, 9.17) is 17.0 Å². The molecule has 0 radical (unpaired) electrons. The molecule has 0 atom stereocenters. The highest BCUT2D eigenvalue weighted by Crippen LogP contribution is 2.16. The molecule has 130 valence electrons. The van der Waals surface area contributed by atoms with Crippen LogP contribution < -0.4 is 15.5 Å². The van der Waals surface area contributed by atoms with Crippen LogP contribution in [0.2, 0.25) is 0 Å². The van der Waals surface area contributed by atoms with Crippen LogP contribution in [-0.2, 0) is 19.1 Å². The molecular weight excluding hydrogens is 330 g/mol. The molecule has 0 aliphatic heterocycles. The quantitative estimate of drug-likeness (QED) is 0.600. The number of nitrogens with zero attached hydrogens (tertiary/aromatic N) is 1. The van der Waals surface area contributed by atoms with Crippen molar-refractivity contribution >= 4 is 46.5 Å². The number of hydrogen-bond donors (Lipinski definition) is 2. The minimum atomic E-state index is -0.420. The highest BCUT2D eigenvalue weighted by Gasteiger charge is 2.10. The molecule has 0 fully saturated rings. The molecular formula is C16H21N3O4S. The maximum Gasteiger partial charge on any atom is 0.306 e. The van der Waals surface area contributed by atoms with Crippen LogP contribution in [0.4, 0.5) is 11.4 Å². The van der Waals surface area contributed by atoms with Crippen molar-refractivity contribution in [1.82, 2.24) is 5.32 Å².